The summed E-state index contributed by atoms with van der Waals surface area (Å²) in [5.74, 6) is 2.42. The van der Waals surface area contributed by atoms with Crippen molar-refractivity contribution in [1.82, 2.24) is 5.32 Å². The van der Waals surface area contributed by atoms with Gasteiger partial charge in [0, 0.05) is 35.7 Å². The second kappa shape index (κ2) is 4.86. The first-order chi connectivity index (χ1) is 7.31. The summed E-state index contributed by atoms with van der Waals surface area (Å²) < 4.78 is 18.7. The Kier molecular flexibility index (Phi) is 3.49. The molecule has 0 radical (unpaired) electrons. The zero-order chi connectivity index (χ0) is 10.7. The van der Waals surface area contributed by atoms with Crippen LogP contribution < -0.4 is 10.1 Å². The van der Waals surface area contributed by atoms with Crippen molar-refractivity contribution in [2.24, 2.45) is 0 Å². The number of rotatable bonds is 2. The van der Waals surface area contributed by atoms with Crippen LogP contribution in [0.2, 0.25) is 0 Å². The molecule has 1 aromatic carbocycles. The molecular weight excluding hydrogens is 213 g/mol. The smallest absolute Gasteiger partial charge is 0.131 e. The Morgan fingerprint density at radius 1 is 1.53 bits per heavy atom. The molecule has 1 aliphatic heterocycles. The molecule has 15 heavy (non-hydrogen) atoms. The maximum atomic E-state index is 13.7. The standard InChI is InChI=1S/C11H14FNOS/c1-14-8-2-3-9(10(12)6-8)11-7-15-5-4-13-11/h2-3,6,11,13H,4-5,7H2,1H3. The minimum atomic E-state index is -0.186. The fourth-order valence-electron chi connectivity index (χ4n) is 1.68. The molecule has 0 aromatic heterocycles. The zero-order valence-electron chi connectivity index (χ0n) is 8.63. The third-order valence-electron chi connectivity index (χ3n) is 2.50. The van der Waals surface area contributed by atoms with Gasteiger partial charge in [-0.1, -0.05) is 6.07 Å². The third kappa shape index (κ3) is 2.44. The number of halogens is 1. The fourth-order valence-corrected chi connectivity index (χ4v) is 2.64. The lowest BCUT2D eigenvalue weighted by Gasteiger charge is -2.24. The van der Waals surface area contributed by atoms with E-state index in [1.807, 2.05) is 11.8 Å². The predicted molar refractivity (Wildman–Crippen MR) is 61.0 cm³/mol. The molecular formula is C11H14FNOS. The molecule has 1 aliphatic rings. The number of thioether (sulfide) groups is 1. The summed E-state index contributed by atoms with van der Waals surface area (Å²) in [5, 5.41) is 3.31. The maximum absolute atomic E-state index is 13.7. The van der Waals surface area contributed by atoms with Gasteiger partial charge in [0.05, 0.1) is 7.11 Å². The summed E-state index contributed by atoms with van der Waals surface area (Å²) in [6.07, 6.45) is 0. The summed E-state index contributed by atoms with van der Waals surface area (Å²) in [4.78, 5) is 0. The van der Waals surface area contributed by atoms with E-state index < -0.39 is 0 Å². The Labute approximate surface area is 93.2 Å². The summed E-state index contributed by atoms with van der Waals surface area (Å²) in [6, 6.07) is 5.18. The van der Waals surface area contributed by atoms with Crippen molar-refractivity contribution in [3.05, 3.63) is 29.6 Å². The van der Waals surface area contributed by atoms with Gasteiger partial charge in [0.15, 0.2) is 0 Å². The number of benzene rings is 1. The lowest BCUT2D eigenvalue weighted by atomic mass is 10.1. The highest BCUT2D eigenvalue weighted by Gasteiger charge is 2.18. The van der Waals surface area contributed by atoms with Gasteiger partial charge < -0.3 is 10.1 Å². The molecule has 0 aliphatic carbocycles. The van der Waals surface area contributed by atoms with Crippen molar-refractivity contribution in [2.75, 3.05) is 25.2 Å². The topological polar surface area (TPSA) is 21.3 Å². The molecule has 0 amide bonds. The Morgan fingerprint density at radius 2 is 2.40 bits per heavy atom. The lowest BCUT2D eigenvalue weighted by Crippen LogP contribution is -2.30. The molecule has 1 atom stereocenters. The largest absolute Gasteiger partial charge is 0.497 e. The van der Waals surface area contributed by atoms with Gasteiger partial charge in [-0.05, 0) is 6.07 Å². The molecule has 1 heterocycles. The highest BCUT2D eigenvalue weighted by Crippen LogP contribution is 2.26. The molecule has 1 N–H and O–H groups in total. The minimum absolute atomic E-state index is 0.134. The third-order valence-corrected chi connectivity index (χ3v) is 3.57. The van der Waals surface area contributed by atoms with E-state index in [2.05, 4.69) is 5.32 Å². The first kappa shape index (κ1) is 10.8. The van der Waals surface area contributed by atoms with Gasteiger partial charge in [-0.15, -0.1) is 0 Å². The van der Waals surface area contributed by atoms with E-state index in [0.717, 1.165) is 23.6 Å². The average Bonchev–Trinajstić information content (AvgIpc) is 2.30. The molecule has 0 bridgehead atoms. The maximum Gasteiger partial charge on any atom is 0.131 e. The number of hydrogen-bond acceptors (Lipinski definition) is 3. The van der Waals surface area contributed by atoms with Gasteiger partial charge in [-0.2, -0.15) is 11.8 Å². The van der Waals surface area contributed by atoms with Gasteiger partial charge in [-0.25, -0.2) is 4.39 Å². The van der Waals surface area contributed by atoms with Crippen LogP contribution in [0.3, 0.4) is 0 Å². The molecule has 0 spiro atoms. The molecule has 0 saturated carbocycles. The van der Waals surface area contributed by atoms with Gasteiger partial charge in [-0.3, -0.25) is 0 Å². The van der Waals surface area contributed by atoms with E-state index in [0.29, 0.717) is 5.75 Å². The second-order valence-corrected chi connectivity index (χ2v) is 4.62. The van der Waals surface area contributed by atoms with E-state index in [1.54, 1.807) is 19.2 Å². The number of nitrogens with one attached hydrogen (secondary N) is 1. The molecule has 82 valence electrons. The first-order valence-electron chi connectivity index (χ1n) is 4.96. The van der Waals surface area contributed by atoms with Crippen molar-refractivity contribution in [2.45, 2.75) is 6.04 Å². The monoisotopic (exact) mass is 227 g/mol. The lowest BCUT2D eigenvalue weighted by molar-refractivity contribution is 0.409. The van der Waals surface area contributed by atoms with Crippen LogP contribution in [0.1, 0.15) is 11.6 Å². The van der Waals surface area contributed by atoms with Crippen LogP contribution in [0, 0.1) is 5.82 Å². The van der Waals surface area contributed by atoms with Gasteiger partial charge in [0.25, 0.3) is 0 Å². The fraction of sp³-hybridized carbons (Fsp3) is 0.455. The molecule has 2 nitrogen and oxygen atoms in total. The first-order valence-corrected chi connectivity index (χ1v) is 6.11. The molecule has 4 heteroatoms. The Bertz CT molecular complexity index is 339. The van der Waals surface area contributed by atoms with Crippen molar-refractivity contribution >= 4 is 11.8 Å². The van der Waals surface area contributed by atoms with Crippen LogP contribution in [0.15, 0.2) is 18.2 Å². The molecule has 1 saturated heterocycles. The van der Waals surface area contributed by atoms with Crippen LogP contribution in [-0.4, -0.2) is 25.2 Å². The van der Waals surface area contributed by atoms with Gasteiger partial charge in [0.2, 0.25) is 0 Å². The van der Waals surface area contributed by atoms with E-state index in [4.69, 9.17) is 4.74 Å². The summed E-state index contributed by atoms with van der Waals surface area (Å²) in [5.41, 5.74) is 0.739. The zero-order valence-corrected chi connectivity index (χ0v) is 9.44. The van der Waals surface area contributed by atoms with Crippen LogP contribution in [0.5, 0.6) is 5.75 Å². The average molecular weight is 227 g/mol. The van der Waals surface area contributed by atoms with Crippen molar-refractivity contribution in [1.29, 1.82) is 0 Å². The number of hydrogen-bond donors (Lipinski definition) is 1. The summed E-state index contributed by atoms with van der Waals surface area (Å²) in [6.45, 7) is 0.945. The van der Waals surface area contributed by atoms with Crippen molar-refractivity contribution < 1.29 is 9.13 Å². The van der Waals surface area contributed by atoms with Crippen LogP contribution in [0.25, 0.3) is 0 Å². The van der Waals surface area contributed by atoms with Gasteiger partial charge in [0.1, 0.15) is 11.6 Å². The molecule has 1 unspecified atom stereocenters. The van der Waals surface area contributed by atoms with Crippen LogP contribution in [-0.2, 0) is 0 Å². The van der Waals surface area contributed by atoms with Crippen molar-refractivity contribution in [3.8, 4) is 5.75 Å². The SMILES string of the molecule is COc1ccc(C2CSCCN2)c(F)c1. The number of methoxy groups -OCH3 is 1. The number of ether oxygens (including phenoxy) is 1. The summed E-state index contributed by atoms with van der Waals surface area (Å²) >= 11 is 1.86. The normalized spacial score (nSPS) is 21.3. The van der Waals surface area contributed by atoms with Crippen molar-refractivity contribution in [3.63, 3.8) is 0 Å². The van der Waals surface area contributed by atoms with Crippen LogP contribution >= 0.6 is 11.8 Å². The van der Waals surface area contributed by atoms with Gasteiger partial charge >= 0.3 is 0 Å². The highest BCUT2D eigenvalue weighted by molar-refractivity contribution is 7.99. The summed E-state index contributed by atoms with van der Waals surface area (Å²) in [7, 11) is 1.54. The Balaban J connectivity index is 2.19. The molecule has 1 fully saturated rings. The minimum Gasteiger partial charge on any atom is -0.497 e. The highest BCUT2D eigenvalue weighted by atomic mass is 32.2. The van der Waals surface area contributed by atoms with E-state index >= 15 is 0 Å². The second-order valence-electron chi connectivity index (χ2n) is 3.47. The molecule has 1 aromatic rings. The van der Waals surface area contributed by atoms with E-state index in [9.17, 15) is 4.39 Å². The van der Waals surface area contributed by atoms with E-state index in [1.165, 1.54) is 6.07 Å². The van der Waals surface area contributed by atoms with Crippen LogP contribution in [0.4, 0.5) is 4.39 Å². The van der Waals surface area contributed by atoms with E-state index in [-0.39, 0.29) is 11.9 Å². The Morgan fingerprint density at radius 3 is 3.00 bits per heavy atom. The predicted octanol–water partition coefficient (Wildman–Crippen LogP) is 2.21. The Hall–Kier alpha value is -0.740. The quantitative estimate of drug-likeness (QED) is 0.837. The molecule has 2 rings (SSSR count).